The molecule has 5 rings (SSSR count). The average Bonchev–Trinajstić information content (AvgIpc) is 3.49. The highest BCUT2D eigenvalue weighted by Gasteiger charge is 2.41. The summed E-state index contributed by atoms with van der Waals surface area (Å²) in [7, 11) is 0. The van der Waals surface area contributed by atoms with E-state index in [0.29, 0.717) is 10.1 Å². The Labute approximate surface area is 216 Å². The molecule has 0 bridgehead atoms. The summed E-state index contributed by atoms with van der Waals surface area (Å²) in [5.74, 6) is 1.64. The molecule has 2 atom stereocenters. The summed E-state index contributed by atoms with van der Waals surface area (Å²) in [5, 5.41) is 8.37. The first-order valence-corrected chi connectivity index (χ1v) is 12.5. The summed E-state index contributed by atoms with van der Waals surface area (Å²) in [6.07, 6.45) is 2.73. The first-order valence-electron chi connectivity index (χ1n) is 11.7. The molecule has 2 aromatic carbocycles. The Morgan fingerprint density at radius 1 is 1.06 bits per heavy atom. The van der Waals surface area contributed by atoms with E-state index in [1.807, 2.05) is 72.9 Å². The van der Waals surface area contributed by atoms with E-state index in [-0.39, 0.29) is 12.1 Å². The number of hydrogen-bond acceptors (Lipinski definition) is 4. The lowest BCUT2D eigenvalue weighted by molar-refractivity contribution is 0.274. The molecule has 2 N–H and O–H groups in total. The number of thiocarbonyl (C=S) groups is 1. The van der Waals surface area contributed by atoms with Crippen LogP contribution in [-0.2, 0) is 0 Å². The molecule has 7 heteroatoms. The van der Waals surface area contributed by atoms with Crippen molar-refractivity contribution >= 4 is 34.6 Å². The molecule has 1 fully saturated rings. The van der Waals surface area contributed by atoms with E-state index in [4.69, 9.17) is 28.2 Å². The monoisotopic (exact) mass is 502 g/mol. The maximum absolute atomic E-state index is 6.45. The second kappa shape index (κ2) is 10.5. The van der Waals surface area contributed by atoms with Gasteiger partial charge >= 0.3 is 0 Å². The molecule has 1 aliphatic heterocycles. The zero-order valence-corrected chi connectivity index (χ0v) is 21.0. The van der Waals surface area contributed by atoms with E-state index in [1.54, 1.807) is 0 Å². The molecule has 2 aromatic heterocycles. The van der Waals surface area contributed by atoms with Gasteiger partial charge in [0.05, 0.1) is 11.7 Å². The van der Waals surface area contributed by atoms with Crippen LogP contribution in [0.4, 0.5) is 5.69 Å². The zero-order valence-electron chi connectivity index (χ0n) is 19.4. The average molecular weight is 503 g/mol. The summed E-state index contributed by atoms with van der Waals surface area (Å²) >= 11 is 12.1. The van der Waals surface area contributed by atoms with Gasteiger partial charge in [-0.25, -0.2) is 0 Å². The van der Waals surface area contributed by atoms with E-state index >= 15 is 0 Å². The van der Waals surface area contributed by atoms with E-state index in [9.17, 15) is 0 Å². The number of aromatic nitrogens is 1. The van der Waals surface area contributed by atoms with Gasteiger partial charge in [-0.1, -0.05) is 41.9 Å². The van der Waals surface area contributed by atoms with Crippen LogP contribution in [0, 0.1) is 6.92 Å². The highest BCUT2D eigenvalue weighted by molar-refractivity contribution is 7.80. The number of benzene rings is 2. The zero-order chi connectivity index (χ0) is 24.2. The molecule has 3 heterocycles. The summed E-state index contributed by atoms with van der Waals surface area (Å²) in [6.45, 7) is 3.68. The van der Waals surface area contributed by atoms with E-state index in [0.717, 1.165) is 53.5 Å². The van der Waals surface area contributed by atoms with Crippen molar-refractivity contribution < 1.29 is 4.42 Å². The van der Waals surface area contributed by atoms with E-state index < -0.39 is 0 Å². The van der Waals surface area contributed by atoms with Gasteiger partial charge in [0.2, 0.25) is 0 Å². The number of rotatable bonds is 8. The summed E-state index contributed by atoms with van der Waals surface area (Å²) in [6, 6.07) is 25.9. The summed E-state index contributed by atoms with van der Waals surface area (Å²) in [4.78, 5) is 6.83. The van der Waals surface area contributed by atoms with Crippen LogP contribution < -0.4 is 10.6 Å². The Kier molecular flexibility index (Phi) is 7.02. The molecule has 0 radical (unpaired) electrons. The molecular formula is C28H27ClN4OS. The van der Waals surface area contributed by atoms with Crippen LogP contribution in [0.5, 0.6) is 0 Å². The third kappa shape index (κ3) is 5.19. The molecule has 0 amide bonds. The van der Waals surface area contributed by atoms with Gasteiger partial charge < -0.3 is 20.0 Å². The largest absolute Gasteiger partial charge is 0.459 e. The van der Waals surface area contributed by atoms with Crippen molar-refractivity contribution in [3.63, 3.8) is 0 Å². The molecule has 4 aromatic rings. The Balaban J connectivity index is 1.40. The van der Waals surface area contributed by atoms with Crippen molar-refractivity contribution in [1.82, 2.24) is 15.2 Å². The molecule has 1 saturated heterocycles. The van der Waals surface area contributed by atoms with Crippen LogP contribution in [0.15, 0.2) is 89.5 Å². The molecule has 35 heavy (non-hydrogen) atoms. The molecule has 178 valence electrons. The standard InChI is InChI=1S/C28H27ClN4OS/c1-19-11-12-20(29)18-22(19)24-13-14-25(34-24)27-26(23-10-5-6-15-31-23)32-28(35)33(27)17-7-16-30-21-8-3-2-4-9-21/h2-6,8-15,18,26-27,30H,7,16-17H2,1H3,(H,32,35)/t26-,27+/m1/s1. The molecule has 0 spiro atoms. The Morgan fingerprint density at radius 3 is 2.69 bits per heavy atom. The number of nitrogens with zero attached hydrogens (tertiary/aromatic N) is 2. The Bertz CT molecular complexity index is 1290. The topological polar surface area (TPSA) is 53.3 Å². The smallest absolute Gasteiger partial charge is 0.170 e. The van der Waals surface area contributed by atoms with Crippen molar-refractivity contribution in [3.05, 3.63) is 107 Å². The van der Waals surface area contributed by atoms with Crippen LogP contribution in [0.3, 0.4) is 0 Å². The number of pyridine rings is 1. The number of hydrogen-bond donors (Lipinski definition) is 2. The van der Waals surface area contributed by atoms with Crippen LogP contribution in [0.1, 0.15) is 35.5 Å². The normalized spacial score (nSPS) is 17.4. The van der Waals surface area contributed by atoms with Crippen LogP contribution in [0.2, 0.25) is 5.02 Å². The highest BCUT2D eigenvalue weighted by atomic mass is 35.5. The van der Waals surface area contributed by atoms with Gasteiger partial charge in [-0.15, -0.1) is 0 Å². The number of furan rings is 1. The first kappa shape index (κ1) is 23.4. The van der Waals surface area contributed by atoms with Gasteiger partial charge in [0, 0.05) is 35.6 Å². The lowest BCUT2D eigenvalue weighted by Gasteiger charge is -2.26. The van der Waals surface area contributed by atoms with Gasteiger partial charge in [0.15, 0.2) is 5.11 Å². The van der Waals surface area contributed by atoms with Crippen molar-refractivity contribution in [3.8, 4) is 11.3 Å². The molecule has 5 nitrogen and oxygen atoms in total. The highest BCUT2D eigenvalue weighted by Crippen LogP contribution is 2.41. The van der Waals surface area contributed by atoms with Crippen molar-refractivity contribution in [2.24, 2.45) is 0 Å². The Hall–Kier alpha value is -3.35. The number of halogens is 1. The molecule has 0 unspecified atom stereocenters. The molecule has 1 aliphatic rings. The quantitative estimate of drug-likeness (QED) is 0.204. The second-order valence-electron chi connectivity index (χ2n) is 8.63. The van der Waals surface area contributed by atoms with Crippen molar-refractivity contribution in [2.75, 3.05) is 18.4 Å². The fraction of sp³-hybridized carbons (Fsp3) is 0.214. The minimum Gasteiger partial charge on any atom is -0.459 e. The molecule has 0 saturated carbocycles. The lowest BCUT2D eigenvalue weighted by atomic mass is 10.0. The predicted octanol–water partition coefficient (Wildman–Crippen LogP) is 6.78. The SMILES string of the molecule is Cc1ccc(Cl)cc1-c1ccc([C@H]2[C@@H](c3ccccn3)NC(=S)N2CCCNc2ccccc2)o1. The lowest BCUT2D eigenvalue weighted by Crippen LogP contribution is -2.31. The molecule has 0 aliphatic carbocycles. The van der Waals surface area contributed by atoms with Gasteiger partial charge in [-0.2, -0.15) is 0 Å². The van der Waals surface area contributed by atoms with E-state index in [2.05, 4.69) is 39.6 Å². The Morgan fingerprint density at radius 2 is 1.89 bits per heavy atom. The maximum Gasteiger partial charge on any atom is 0.170 e. The first-order chi connectivity index (χ1) is 17.1. The molecular weight excluding hydrogens is 476 g/mol. The fourth-order valence-corrected chi connectivity index (χ4v) is 5.01. The predicted molar refractivity (Wildman–Crippen MR) is 146 cm³/mol. The summed E-state index contributed by atoms with van der Waals surface area (Å²) < 4.78 is 6.45. The van der Waals surface area contributed by atoms with E-state index in [1.165, 1.54) is 0 Å². The third-order valence-corrected chi connectivity index (χ3v) is 6.85. The fourth-order valence-electron chi connectivity index (χ4n) is 4.51. The number of nitrogens with one attached hydrogen (secondary N) is 2. The number of aryl methyl sites for hydroxylation is 1. The van der Waals surface area contributed by atoms with Crippen LogP contribution in [0.25, 0.3) is 11.3 Å². The van der Waals surface area contributed by atoms with Crippen LogP contribution >= 0.6 is 23.8 Å². The number of para-hydroxylation sites is 1. The third-order valence-electron chi connectivity index (χ3n) is 6.26. The van der Waals surface area contributed by atoms with Gasteiger partial charge in [0.25, 0.3) is 0 Å². The van der Waals surface area contributed by atoms with Gasteiger partial charge in [-0.05, 0) is 79.7 Å². The van der Waals surface area contributed by atoms with Crippen molar-refractivity contribution in [2.45, 2.75) is 25.4 Å². The van der Waals surface area contributed by atoms with Gasteiger partial charge in [0.1, 0.15) is 17.6 Å². The minimum absolute atomic E-state index is 0.106. The van der Waals surface area contributed by atoms with Crippen LogP contribution in [-0.4, -0.2) is 28.1 Å². The second-order valence-corrected chi connectivity index (χ2v) is 9.45. The maximum atomic E-state index is 6.45. The van der Waals surface area contributed by atoms with Gasteiger partial charge in [-0.3, -0.25) is 4.98 Å². The summed E-state index contributed by atoms with van der Waals surface area (Å²) in [5.41, 5.74) is 4.15. The van der Waals surface area contributed by atoms with Crippen molar-refractivity contribution in [1.29, 1.82) is 0 Å². The number of anilines is 1. The minimum atomic E-state index is -0.109.